The van der Waals surface area contributed by atoms with Crippen LogP contribution < -0.4 is 9.47 Å². The number of hydrogen-bond donors (Lipinski definition) is 0. The third-order valence-corrected chi connectivity index (χ3v) is 6.67. The van der Waals surface area contributed by atoms with Gasteiger partial charge >= 0.3 is 12.7 Å². The molecule has 2 aliphatic rings. The first-order valence-electron chi connectivity index (χ1n) is 10.5. The van der Waals surface area contributed by atoms with Crippen LogP contribution in [0.3, 0.4) is 0 Å². The van der Waals surface area contributed by atoms with Crippen LogP contribution in [0, 0.1) is 46.6 Å². The summed E-state index contributed by atoms with van der Waals surface area (Å²) in [5.41, 5.74) is 0.922. The van der Waals surface area contributed by atoms with Crippen molar-refractivity contribution in [2.24, 2.45) is 0 Å². The normalized spacial score (nSPS) is 16.1. The molecule has 0 aliphatic carbocycles. The highest BCUT2D eigenvalue weighted by atomic mass is 19.2. The van der Waals surface area contributed by atoms with Gasteiger partial charge in [0.1, 0.15) is 23.5 Å². The van der Waals surface area contributed by atoms with Gasteiger partial charge in [-0.3, -0.25) is 10.1 Å². The molecule has 1 aromatic heterocycles. The summed E-state index contributed by atoms with van der Waals surface area (Å²) in [4.78, 5) is 11.2. The maximum atomic E-state index is 16.2. The molecular weight excluding hydrogens is 459 g/mol. The lowest BCUT2D eigenvalue weighted by atomic mass is 9.83. The quantitative estimate of drug-likeness (QED) is 0.368. The van der Waals surface area contributed by atoms with Gasteiger partial charge in [0.2, 0.25) is 5.75 Å². The predicted octanol–water partition coefficient (Wildman–Crippen LogP) is 4.22. The fraction of sp³-hybridized carbons (Fsp3) is 0.261. The molecule has 2 aliphatic heterocycles. The molecule has 2 aromatic rings. The molecule has 0 spiro atoms. The van der Waals surface area contributed by atoms with Crippen LogP contribution in [0.2, 0.25) is 0 Å². The molecule has 0 fully saturated rings. The molecule has 3 heterocycles. The molecule has 0 saturated carbocycles. The van der Waals surface area contributed by atoms with Gasteiger partial charge in [-0.15, -0.1) is 0 Å². The third kappa shape index (κ3) is 2.93. The second-order valence-electron chi connectivity index (χ2n) is 8.28. The van der Waals surface area contributed by atoms with E-state index in [0.29, 0.717) is 11.1 Å². The Morgan fingerprint density at radius 3 is 2.23 bits per heavy atom. The van der Waals surface area contributed by atoms with Gasteiger partial charge in [0, 0.05) is 41.6 Å². The summed E-state index contributed by atoms with van der Waals surface area (Å²) in [6, 6.07) is 6.53. The fourth-order valence-corrected chi connectivity index (χ4v) is 5.14. The Bertz CT molecular complexity index is 1540. The van der Waals surface area contributed by atoms with Crippen molar-refractivity contribution in [1.82, 2.24) is 4.48 Å². The minimum Gasteiger partial charge on any atom is -0.496 e. The first-order valence-corrected chi connectivity index (χ1v) is 10.5. The molecule has 1 aromatic carbocycles. The first kappa shape index (κ1) is 23.7. The van der Waals surface area contributed by atoms with E-state index in [4.69, 9.17) is 9.47 Å². The average Bonchev–Trinajstić information content (AvgIpc) is 3.23. The van der Waals surface area contributed by atoms with Crippen molar-refractivity contribution in [3.63, 3.8) is 0 Å². The zero-order valence-corrected chi connectivity index (χ0v) is 19.9. The van der Waals surface area contributed by atoms with Crippen LogP contribution in [0.4, 0.5) is 14.3 Å². The fourth-order valence-electron chi connectivity index (χ4n) is 5.14. The Balaban J connectivity index is 2.31. The molecular formula is C23H20BF2N5O4. The van der Waals surface area contributed by atoms with E-state index < -0.39 is 11.9 Å². The third-order valence-electron chi connectivity index (χ3n) is 6.67. The number of aromatic nitrogens is 1. The van der Waals surface area contributed by atoms with Crippen LogP contribution in [-0.4, -0.2) is 40.8 Å². The van der Waals surface area contributed by atoms with Crippen LogP contribution in [-0.2, 0) is 0 Å². The molecule has 0 unspecified atom stereocenters. The molecule has 0 N–H and O–H groups in total. The number of nitro groups is 1. The Kier molecular flexibility index (Phi) is 5.29. The van der Waals surface area contributed by atoms with E-state index in [9.17, 15) is 20.6 Å². The summed E-state index contributed by atoms with van der Waals surface area (Å²) >= 11 is 0. The van der Waals surface area contributed by atoms with Crippen LogP contribution in [0.5, 0.6) is 11.5 Å². The summed E-state index contributed by atoms with van der Waals surface area (Å²) in [6.45, 7) is 1.47. The van der Waals surface area contributed by atoms with E-state index in [1.165, 1.54) is 40.2 Å². The van der Waals surface area contributed by atoms with Crippen molar-refractivity contribution < 1.29 is 27.5 Å². The number of fused-ring (bicyclic) bond motifs is 2. The number of nitrogens with zero attached hydrogens (tertiary/aromatic N) is 5. The van der Waals surface area contributed by atoms with Gasteiger partial charge in [-0.2, -0.15) is 10.5 Å². The van der Waals surface area contributed by atoms with Crippen molar-refractivity contribution in [3.8, 4) is 23.6 Å². The van der Waals surface area contributed by atoms with Crippen LogP contribution >= 0.6 is 0 Å². The van der Waals surface area contributed by atoms with E-state index in [2.05, 4.69) is 0 Å². The largest absolute Gasteiger partial charge is 0.737 e. The van der Waals surface area contributed by atoms with E-state index in [0.717, 1.165) is 8.96 Å². The SMILES string of the molecule is COc1cc(OC)c([N+](=O)[O-])cc1C1=C2C(C)=C(C#N)C(C)=[N+]2[B-](F)(F)n2c(C)c(C#N)c(C)c21. The molecule has 0 saturated heterocycles. The smallest absolute Gasteiger partial charge is 0.496 e. The maximum absolute atomic E-state index is 16.2. The van der Waals surface area contributed by atoms with E-state index in [-0.39, 0.29) is 62.3 Å². The summed E-state index contributed by atoms with van der Waals surface area (Å²) in [6.07, 6.45) is 0. The Morgan fingerprint density at radius 1 is 1.09 bits per heavy atom. The molecule has 178 valence electrons. The van der Waals surface area contributed by atoms with Crippen molar-refractivity contribution in [2.45, 2.75) is 27.7 Å². The Morgan fingerprint density at radius 2 is 1.71 bits per heavy atom. The maximum Gasteiger partial charge on any atom is 0.737 e. The van der Waals surface area contributed by atoms with E-state index >= 15 is 8.63 Å². The van der Waals surface area contributed by atoms with Crippen molar-refractivity contribution in [3.05, 3.63) is 67.2 Å². The molecule has 0 atom stereocenters. The van der Waals surface area contributed by atoms with Gasteiger partial charge in [0.15, 0.2) is 11.4 Å². The van der Waals surface area contributed by atoms with Crippen LogP contribution in [0.15, 0.2) is 29.0 Å². The van der Waals surface area contributed by atoms with Gasteiger partial charge in [-0.1, -0.05) is 0 Å². The molecule has 12 heteroatoms. The highest BCUT2D eigenvalue weighted by Gasteiger charge is 2.57. The number of ether oxygens (including phenoxy) is 2. The number of benzene rings is 1. The zero-order chi connectivity index (χ0) is 26.0. The second-order valence-corrected chi connectivity index (χ2v) is 8.28. The summed E-state index contributed by atoms with van der Waals surface area (Å²) in [5, 5.41) is 31.3. The number of methoxy groups -OCH3 is 2. The Labute approximate surface area is 199 Å². The van der Waals surface area contributed by atoms with Gasteiger partial charge in [-0.25, -0.2) is 0 Å². The second kappa shape index (κ2) is 7.81. The minimum atomic E-state index is -4.50. The zero-order valence-electron chi connectivity index (χ0n) is 19.9. The Hall–Kier alpha value is -4.45. The van der Waals surface area contributed by atoms with E-state index in [1.807, 2.05) is 12.1 Å². The standard InChI is InChI=1S/C23H20BF2N5O4/c1-11-16(9-27)13(3)29-22(11)21(15-7-18(31(32)33)20(35-6)8-19(15)34-5)23-12(2)17(10-28)14(4)30(23)24(29,25)26/h7-8H,1-6H3. The molecule has 9 nitrogen and oxygen atoms in total. The molecule has 4 rings (SSSR count). The topological polar surface area (TPSA) is 117 Å². The summed E-state index contributed by atoms with van der Waals surface area (Å²) < 4.78 is 44.6. The van der Waals surface area contributed by atoms with Gasteiger partial charge < -0.3 is 27.1 Å². The first-order chi connectivity index (χ1) is 16.5. The minimum absolute atomic E-state index is 0.0411. The van der Waals surface area contributed by atoms with Gasteiger partial charge in [0.05, 0.1) is 30.3 Å². The van der Waals surface area contributed by atoms with Crippen LogP contribution in [0.25, 0.3) is 5.57 Å². The number of hydrogen-bond acceptors (Lipinski definition) is 6. The molecule has 35 heavy (non-hydrogen) atoms. The van der Waals surface area contributed by atoms with Gasteiger partial charge in [0.25, 0.3) is 0 Å². The monoisotopic (exact) mass is 479 g/mol. The summed E-state index contributed by atoms with van der Waals surface area (Å²) in [7, 11) is 2.62. The number of nitriles is 2. The lowest BCUT2D eigenvalue weighted by Crippen LogP contribution is -2.51. The number of nitro benzene ring substituents is 1. The van der Waals surface area contributed by atoms with Crippen LogP contribution in [0.1, 0.15) is 41.9 Å². The highest BCUT2D eigenvalue weighted by molar-refractivity contribution is 6.58. The van der Waals surface area contributed by atoms with Crippen molar-refractivity contribution in [1.29, 1.82) is 10.5 Å². The number of allylic oxidation sites excluding steroid dienone is 2. The molecule has 0 bridgehead atoms. The van der Waals surface area contributed by atoms with Gasteiger partial charge in [-0.05, 0) is 26.3 Å². The van der Waals surface area contributed by atoms with Crippen molar-refractivity contribution >= 4 is 23.9 Å². The number of halogens is 2. The number of rotatable bonds is 4. The predicted molar refractivity (Wildman–Crippen MR) is 123 cm³/mol. The highest BCUT2D eigenvalue weighted by Crippen LogP contribution is 2.49. The average molecular weight is 479 g/mol. The van der Waals surface area contributed by atoms with Crippen molar-refractivity contribution in [2.75, 3.05) is 14.2 Å². The lowest BCUT2D eigenvalue weighted by molar-refractivity contribution is -0.385. The lowest BCUT2D eigenvalue weighted by Gasteiger charge is -2.34. The van der Waals surface area contributed by atoms with E-state index in [1.54, 1.807) is 13.8 Å². The molecule has 0 radical (unpaired) electrons. The molecule has 0 amide bonds. The summed E-state index contributed by atoms with van der Waals surface area (Å²) in [5.74, 6) is 0.0790.